The largest absolute Gasteiger partial charge is 0.497 e. The number of aryl methyl sites for hydroxylation is 1. The summed E-state index contributed by atoms with van der Waals surface area (Å²) in [4.78, 5) is 23.2. The lowest BCUT2D eigenvalue weighted by Crippen LogP contribution is -2.27. The summed E-state index contributed by atoms with van der Waals surface area (Å²) < 4.78 is 5.16. The molecule has 0 aliphatic heterocycles. The van der Waals surface area contributed by atoms with Gasteiger partial charge in [-0.15, -0.1) is 0 Å². The summed E-state index contributed by atoms with van der Waals surface area (Å²) in [5.74, 6) is 1.85. The average molecular weight is 376 g/mol. The molecule has 0 saturated carbocycles. The van der Waals surface area contributed by atoms with Crippen molar-refractivity contribution in [2.45, 2.75) is 13.3 Å². The van der Waals surface area contributed by atoms with E-state index in [9.17, 15) is 4.79 Å². The Bertz CT molecular complexity index is 927. The van der Waals surface area contributed by atoms with Crippen LogP contribution in [-0.2, 0) is 6.42 Å². The Labute approximate surface area is 165 Å². The van der Waals surface area contributed by atoms with Crippen molar-refractivity contribution >= 4 is 17.4 Å². The Kier molecular flexibility index (Phi) is 6.22. The number of rotatable bonds is 7. The fourth-order valence-corrected chi connectivity index (χ4v) is 2.83. The molecule has 1 amide bonds. The van der Waals surface area contributed by atoms with E-state index in [-0.39, 0.29) is 5.91 Å². The highest BCUT2D eigenvalue weighted by molar-refractivity contribution is 5.93. The highest BCUT2D eigenvalue weighted by Crippen LogP contribution is 2.21. The molecule has 0 atom stereocenters. The first-order chi connectivity index (χ1) is 13.6. The third-order valence-electron chi connectivity index (χ3n) is 4.40. The number of benzene rings is 2. The first kappa shape index (κ1) is 19.4. The van der Waals surface area contributed by atoms with Gasteiger partial charge < -0.3 is 15.0 Å². The quantitative estimate of drug-likeness (QED) is 0.683. The van der Waals surface area contributed by atoms with Gasteiger partial charge in [0, 0.05) is 25.3 Å². The molecule has 0 saturated heterocycles. The van der Waals surface area contributed by atoms with Crippen LogP contribution in [0.15, 0.2) is 60.7 Å². The van der Waals surface area contributed by atoms with E-state index in [1.807, 2.05) is 66.5 Å². The van der Waals surface area contributed by atoms with Crippen LogP contribution in [0.2, 0.25) is 0 Å². The van der Waals surface area contributed by atoms with Crippen molar-refractivity contribution in [1.82, 2.24) is 15.3 Å². The molecule has 144 valence electrons. The number of methoxy groups -OCH3 is 1. The van der Waals surface area contributed by atoms with Crippen molar-refractivity contribution in [1.29, 1.82) is 0 Å². The number of carbonyl (C=O) groups is 1. The summed E-state index contributed by atoms with van der Waals surface area (Å²) in [7, 11) is 3.56. The Morgan fingerprint density at radius 1 is 1.07 bits per heavy atom. The molecule has 6 nitrogen and oxygen atoms in total. The lowest BCUT2D eigenvalue weighted by Gasteiger charge is -2.19. The van der Waals surface area contributed by atoms with Crippen molar-refractivity contribution in [3.63, 3.8) is 0 Å². The molecule has 1 aromatic heterocycles. The van der Waals surface area contributed by atoms with Gasteiger partial charge in [0.2, 0.25) is 0 Å². The zero-order valence-corrected chi connectivity index (χ0v) is 16.3. The second-order valence-corrected chi connectivity index (χ2v) is 6.41. The normalized spacial score (nSPS) is 10.4. The number of hydrogen-bond donors (Lipinski definition) is 1. The van der Waals surface area contributed by atoms with E-state index < -0.39 is 0 Å². The van der Waals surface area contributed by atoms with Crippen LogP contribution in [-0.4, -0.2) is 36.6 Å². The Morgan fingerprint density at radius 3 is 2.46 bits per heavy atom. The third-order valence-corrected chi connectivity index (χ3v) is 4.40. The SMILES string of the molecule is COc1ccc(CCNC(=O)c2cc(N(C)c3ccccc3)nc(C)n2)cc1. The lowest BCUT2D eigenvalue weighted by atomic mass is 10.1. The fourth-order valence-electron chi connectivity index (χ4n) is 2.83. The summed E-state index contributed by atoms with van der Waals surface area (Å²) in [5, 5.41) is 2.93. The van der Waals surface area contributed by atoms with E-state index in [0.717, 1.165) is 23.4 Å². The minimum Gasteiger partial charge on any atom is -0.497 e. The summed E-state index contributed by atoms with van der Waals surface area (Å²) in [6.07, 6.45) is 0.733. The van der Waals surface area contributed by atoms with Gasteiger partial charge in [-0.3, -0.25) is 4.79 Å². The van der Waals surface area contributed by atoms with Crippen LogP contribution in [0, 0.1) is 6.92 Å². The molecular weight excluding hydrogens is 352 g/mol. The van der Waals surface area contributed by atoms with Crippen molar-refractivity contribution in [2.75, 3.05) is 25.6 Å². The zero-order chi connectivity index (χ0) is 19.9. The minimum absolute atomic E-state index is 0.207. The van der Waals surface area contributed by atoms with E-state index in [1.54, 1.807) is 20.1 Å². The molecule has 2 aromatic carbocycles. The molecule has 3 rings (SSSR count). The predicted molar refractivity (Wildman–Crippen MR) is 110 cm³/mol. The molecule has 6 heteroatoms. The van der Waals surface area contributed by atoms with Crippen LogP contribution in [0.1, 0.15) is 21.9 Å². The third kappa shape index (κ3) is 4.85. The van der Waals surface area contributed by atoms with Gasteiger partial charge in [0.05, 0.1) is 7.11 Å². The summed E-state index contributed by atoms with van der Waals surface area (Å²) in [6.45, 7) is 2.31. The van der Waals surface area contributed by atoms with Gasteiger partial charge in [0.15, 0.2) is 0 Å². The molecule has 0 spiro atoms. The number of amides is 1. The van der Waals surface area contributed by atoms with E-state index >= 15 is 0 Å². The topological polar surface area (TPSA) is 67.3 Å². The van der Waals surface area contributed by atoms with Gasteiger partial charge in [-0.25, -0.2) is 9.97 Å². The summed E-state index contributed by atoms with van der Waals surface area (Å²) in [5.41, 5.74) is 2.48. The highest BCUT2D eigenvalue weighted by atomic mass is 16.5. The van der Waals surface area contributed by atoms with Crippen molar-refractivity contribution in [3.05, 3.63) is 77.7 Å². The second-order valence-electron chi connectivity index (χ2n) is 6.41. The predicted octanol–water partition coefficient (Wildman–Crippen LogP) is 3.53. The molecule has 3 aromatic rings. The number of nitrogens with zero attached hydrogens (tertiary/aromatic N) is 3. The Balaban J connectivity index is 1.65. The number of ether oxygens (including phenoxy) is 1. The lowest BCUT2D eigenvalue weighted by molar-refractivity contribution is 0.0948. The second kappa shape index (κ2) is 8.99. The van der Waals surface area contributed by atoms with Gasteiger partial charge in [0.1, 0.15) is 23.1 Å². The van der Waals surface area contributed by atoms with Gasteiger partial charge in [-0.05, 0) is 43.2 Å². The number of aromatic nitrogens is 2. The zero-order valence-electron chi connectivity index (χ0n) is 16.3. The summed E-state index contributed by atoms with van der Waals surface area (Å²) in [6, 6.07) is 19.4. The van der Waals surface area contributed by atoms with Crippen LogP contribution < -0.4 is 15.0 Å². The molecule has 0 fully saturated rings. The number of para-hydroxylation sites is 1. The molecule has 0 aliphatic carbocycles. The maximum Gasteiger partial charge on any atom is 0.270 e. The summed E-state index contributed by atoms with van der Waals surface area (Å²) >= 11 is 0. The first-order valence-electron chi connectivity index (χ1n) is 9.12. The van der Waals surface area contributed by atoms with Crippen LogP contribution in [0.5, 0.6) is 5.75 Å². The molecule has 0 aliphatic rings. The van der Waals surface area contributed by atoms with Gasteiger partial charge in [-0.1, -0.05) is 30.3 Å². The highest BCUT2D eigenvalue weighted by Gasteiger charge is 2.13. The van der Waals surface area contributed by atoms with Crippen molar-refractivity contribution < 1.29 is 9.53 Å². The van der Waals surface area contributed by atoms with Gasteiger partial charge in [-0.2, -0.15) is 0 Å². The number of carbonyl (C=O) groups excluding carboxylic acids is 1. The number of anilines is 2. The molecule has 1 heterocycles. The van der Waals surface area contributed by atoms with E-state index in [2.05, 4.69) is 15.3 Å². The van der Waals surface area contributed by atoms with E-state index in [4.69, 9.17) is 4.74 Å². The first-order valence-corrected chi connectivity index (χ1v) is 9.12. The molecule has 28 heavy (non-hydrogen) atoms. The standard InChI is InChI=1S/C22H24N4O2/c1-16-24-20(15-21(25-16)26(2)18-7-5-4-6-8-18)22(27)23-14-13-17-9-11-19(28-3)12-10-17/h4-12,15H,13-14H2,1-3H3,(H,23,27). The Hall–Kier alpha value is -3.41. The van der Waals surface area contributed by atoms with Crippen LogP contribution in [0.25, 0.3) is 0 Å². The number of hydrogen-bond acceptors (Lipinski definition) is 5. The molecule has 0 bridgehead atoms. The maximum atomic E-state index is 12.6. The Morgan fingerprint density at radius 2 is 1.79 bits per heavy atom. The fraction of sp³-hybridized carbons (Fsp3) is 0.227. The average Bonchev–Trinajstić information content (AvgIpc) is 2.73. The van der Waals surface area contributed by atoms with Crippen molar-refractivity contribution in [2.24, 2.45) is 0 Å². The van der Waals surface area contributed by atoms with Gasteiger partial charge >= 0.3 is 0 Å². The molecule has 0 unspecified atom stereocenters. The van der Waals surface area contributed by atoms with Crippen LogP contribution in [0.3, 0.4) is 0 Å². The van der Waals surface area contributed by atoms with E-state index in [0.29, 0.717) is 23.9 Å². The minimum atomic E-state index is -0.207. The molecule has 0 radical (unpaired) electrons. The maximum absolute atomic E-state index is 12.6. The molecule has 1 N–H and O–H groups in total. The monoisotopic (exact) mass is 376 g/mol. The van der Waals surface area contributed by atoms with Gasteiger partial charge in [0.25, 0.3) is 5.91 Å². The smallest absolute Gasteiger partial charge is 0.270 e. The van der Waals surface area contributed by atoms with Crippen molar-refractivity contribution in [3.8, 4) is 5.75 Å². The van der Waals surface area contributed by atoms with Crippen LogP contribution in [0.4, 0.5) is 11.5 Å². The van der Waals surface area contributed by atoms with Crippen LogP contribution >= 0.6 is 0 Å². The van der Waals surface area contributed by atoms with E-state index in [1.165, 1.54) is 0 Å². The molecular formula is C22H24N4O2. The number of nitrogens with one attached hydrogen (secondary N) is 1.